The molecular formula is C21H21NO5S. The first-order chi connectivity index (χ1) is 13.4. The molecule has 0 saturated heterocycles. The molecule has 1 aliphatic heterocycles. The Kier molecular flexibility index (Phi) is 5.94. The van der Waals surface area contributed by atoms with Crippen LogP contribution in [0.25, 0.3) is 0 Å². The number of rotatable bonds is 7. The maximum atomic E-state index is 12.5. The Morgan fingerprint density at radius 1 is 1.18 bits per heavy atom. The predicted molar refractivity (Wildman–Crippen MR) is 106 cm³/mol. The van der Waals surface area contributed by atoms with Crippen molar-refractivity contribution in [1.29, 1.82) is 0 Å². The van der Waals surface area contributed by atoms with Crippen LogP contribution in [-0.4, -0.2) is 23.6 Å². The highest BCUT2D eigenvalue weighted by atomic mass is 32.2. The molecule has 0 radical (unpaired) electrons. The predicted octanol–water partition coefficient (Wildman–Crippen LogP) is 4.09. The van der Waals surface area contributed by atoms with Crippen molar-refractivity contribution in [2.45, 2.75) is 30.1 Å². The molecular weight excluding hydrogens is 378 g/mol. The second kappa shape index (κ2) is 8.39. The van der Waals surface area contributed by atoms with Crippen LogP contribution in [0.2, 0.25) is 0 Å². The fourth-order valence-electron chi connectivity index (χ4n) is 3.02. The molecule has 0 saturated carbocycles. The first-order valence-corrected chi connectivity index (χ1v) is 9.66. The van der Waals surface area contributed by atoms with E-state index < -0.39 is 16.8 Å². The molecule has 2 N–H and O–H groups in total. The lowest BCUT2D eigenvalue weighted by Crippen LogP contribution is -2.30. The molecule has 146 valence electrons. The maximum absolute atomic E-state index is 12.5. The Morgan fingerprint density at radius 2 is 1.86 bits per heavy atom. The van der Waals surface area contributed by atoms with E-state index in [2.05, 4.69) is 5.32 Å². The van der Waals surface area contributed by atoms with Gasteiger partial charge in [0.2, 0.25) is 5.91 Å². The lowest BCUT2D eigenvalue weighted by molar-refractivity contribution is -0.118. The average molecular weight is 399 g/mol. The van der Waals surface area contributed by atoms with E-state index in [0.717, 1.165) is 4.90 Å². The van der Waals surface area contributed by atoms with E-state index in [0.29, 0.717) is 11.1 Å². The first-order valence-electron chi connectivity index (χ1n) is 8.84. The zero-order valence-corrected chi connectivity index (χ0v) is 16.4. The highest BCUT2D eigenvalue weighted by Crippen LogP contribution is 2.51. The van der Waals surface area contributed by atoms with E-state index in [9.17, 15) is 14.7 Å². The van der Waals surface area contributed by atoms with Gasteiger partial charge in [0.05, 0.1) is 12.2 Å². The summed E-state index contributed by atoms with van der Waals surface area (Å²) in [5.74, 6) is -1.21. The van der Waals surface area contributed by atoms with E-state index in [1.807, 2.05) is 42.5 Å². The van der Waals surface area contributed by atoms with Crippen LogP contribution >= 0.6 is 11.8 Å². The number of benzene rings is 2. The van der Waals surface area contributed by atoms with Crippen LogP contribution in [0.1, 0.15) is 36.2 Å². The van der Waals surface area contributed by atoms with E-state index in [1.54, 1.807) is 19.1 Å². The molecule has 1 amide bonds. The summed E-state index contributed by atoms with van der Waals surface area (Å²) in [5.41, 5.74) is 1.30. The van der Waals surface area contributed by atoms with Crippen molar-refractivity contribution in [2.75, 3.05) is 6.61 Å². The number of hydrogen-bond donors (Lipinski definition) is 2. The van der Waals surface area contributed by atoms with Gasteiger partial charge in [-0.3, -0.25) is 4.79 Å². The number of cyclic esters (lactones) is 1. The summed E-state index contributed by atoms with van der Waals surface area (Å²) in [6.07, 6.45) is 0.0285. The van der Waals surface area contributed by atoms with Gasteiger partial charge < -0.3 is 19.9 Å². The van der Waals surface area contributed by atoms with Crippen LogP contribution in [0.15, 0.2) is 71.1 Å². The van der Waals surface area contributed by atoms with Gasteiger partial charge in [-0.05, 0) is 25.1 Å². The molecule has 7 heteroatoms. The van der Waals surface area contributed by atoms with Crippen LogP contribution in [0.4, 0.5) is 0 Å². The fourth-order valence-corrected chi connectivity index (χ4v) is 4.31. The van der Waals surface area contributed by atoms with Gasteiger partial charge in [0.25, 0.3) is 5.95 Å². The third-order valence-corrected chi connectivity index (χ3v) is 5.40. The number of hydrogen-bond acceptors (Lipinski definition) is 6. The molecule has 28 heavy (non-hydrogen) atoms. The van der Waals surface area contributed by atoms with E-state index in [-0.39, 0.29) is 24.6 Å². The van der Waals surface area contributed by atoms with Crippen LogP contribution in [-0.2, 0) is 19.2 Å². The number of esters is 1. The summed E-state index contributed by atoms with van der Waals surface area (Å²) in [6.45, 7) is 3.29. The minimum Gasteiger partial charge on any atom is -0.480 e. The molecule has 1 aliphatic rings. The summed E-state index contributed by atoms with van der Waals surface area (Å²) in [4.78, 5) is 23.9. The summed E-state index contributed by atoms with van der Waals surface area (Å²) < 4.78 is 11.0. The first kappa shape index (κ1) is 19.8. The van der Waals surface area contributed by atoms with Crippen molar-refractivity contribution < 1.29 is 24.2 Å². The van der Waals surface area contributed by atoms with Gasteiger partial charge in [-0.15, -0.1) is 0 Å². The minimum absolute atomic E-state index is 0.0285. The van der Waals surface area contributed by atoms with Gasteiger partial charge in [-0.1, -0.05) is 48.2 Å². The Bertz CT molecular complexity index is 912. The van der Waals surface area contributed by atoms with Gasteiger partial charge in [0.15, 0.2) is 4.93 Å². The minimum atomic E-state index is -1.15. The number of aliphatic hydroxyl groups is 1. The van der Waals surface area contributed by atoms with E-state index in [1.165, 1.54) is 18.7 Å². The van der Waals surface area contributed by atoms with Crippen LogP contribution < -0.4 is 5.32 Å². The summed E-state index contributed by atoms with van der Waals surface area (Å²) in [7, 11) is 0. The Labute approximate surface area is 167 Å². The molecule has 2 aromatic carbocycles. The van der Waals surface area contributed by atoms with E-state index >= 15 is 0 Å². The summed E-state index contributed by atoms with van der Waals surface area (Å²) >= 11 is 1.34. The fraction of sp³-hybridized carbons (Fsp3) is 0.238. The lowest BCUT2D eigenvalue weighted by Gasteiger charge is -2.29. The number of nitrogens with one attached hydrogen (secondary N) is 1. The molecule has 0 aliphatic carbocycles. The Hall–Kier alpha value is -2.93. The highest BCUT2D eigenvalue weighted by molar-refractivity contribution is 8.00. The maximum Gasteiger partial charge on any atom is 0.340 e. The topological polar surface area (TPSA) is 84.9 Å². The molecule has 1 heterocycles. The summed E-state index contributed by atoms with van der Waals surface area (Å²) in [5, 5.41) is 12.9. The number of carbonyl (C=O) groups excluding carboxylic acids is 2. The Balaban J connectivity index is 2.08. The number of carbonyl (C=O) groups is 2. The van der Waals surface area contributed by atoms with Crippen LogP contribution in [0.3, 0.4) is 0 Å². The lowest BCUT2D eigenvalue weighted by atomic mass is 10.0. The normalized spacial score (nSPS) is 18.7. The molecule has 0 fully saturated rings. The van der Waals surface area contributed by atoms with Crippen molar-refractivity contribution in [3.63, 3.8) is 0 Å². The quantitative estimate of drug-likeness (QED) is 0.539. The molecule has 0 spiro atoms. The average Bonchev–Trinajstić information content (AvgIpc) is 2.94. The summed E-state index contributed by atoms with van der Waals surface area (Å²) in [6, 6.07) is 16.6. The SMILES string of the molecule is CCO/C(O)=C(/CC1(Sc2ccccc2)OC(=O)c2ccccc21)NC(C)=O. The highest BCUT2D eigenvalue weighted by Gasteiger charge is 2.47. The second-order valence-electron chi connectivity index (χ2n) is 6.18. The number of ether oxygens (including phenoxy) is 2. The van der Waals surface area contributed by atoms with Gasteiger partial charge in [-0.2, -0.15) is 0 Å². The van der Waals surface area contributed by atoms with Crippen molar-refractivity contribution in [1.82, 2.24) is 5.32 Å². The Morgan fingerprint density at radius 3 is 2.54 bits per heavy atom. The van der Waals surface area contributed by atoms with Gasteiger partial charge in [-0.25, -0.2) is 4.79 Å². The molecule has 2 aromatic rings. The molecule has 6 nitrogen and oxygen atoms in total. The molecule has 0 aromatic heterocycles. The molecule has 1 unspecified atom stereocenters. The second-order valence-corrected chi connectivity index (χ2v) is 7.51. The smallest absolute Gasteiger partial charge is 0.340 e. The number of aliphatic hydroxyl groups excluding tert-OH is 1. The van der Waals surface area contributed by atoms with Gasteiger partial charge >= 0.3 is 5.97 Å². The molecule has 0 bridgehead atoms. The van der Waals surface area contributed by atoms with E-state index in [4.69, 9.17) is 9.47 Å². The van der Waals surface area contributed by atoms with Crippen molar-refractivity contribution in [3.05, 3.63) is 77.4 Å². The monoisotopic (exact) mass is 399 g/mol. The molecule has 1 atom stereocenters. The van der Waals surface area contributed by atoms with Crippen molar-refractivity contribution in [3.8, 4) is 0 Å². The van der Waals surface area contributed by atoms with Crippen LogP contribution in [0.5, 0.6) is 0 Å². The largest absolute Gasteiger partial charge is 0.480 e. The number of amides is 1. The van der Waals surface area contributed by atoms with Gasteiger partial charge in [0, 0.05) is 23.8 Å². The van der Waals surface area contributed by atoms with Gasteiger partial charge in [0.1, 0.15) is 5.70 Å². The molecule has 3 rings (SSSR count). The number of fused-ring (bicyclic) bond motifs is 1. The van der Waals surface area contributed by atoms with Crippen molar-refractivity contribution >= 4 is 23.6 Å². The third kappa shape index (κ3) is 4.14. The zero-order valence-electron chi connectivity index (χ0n) is 15.6. The standard InChI is InChI=1S/C21H21NO5S/c1-3-26-20(25)18(22-14(2)23)13-21(28-15-9-5-4-6-10-15)17-12-8-7-11-16(17)19(24)27-21/h4-12,25H,3,13H2,1-2H3,(H,22,23)/b20-18-. The van der Waals surface area contributed by atoms with Crippen molar-refractivity contribution in [2.24, 2.45) is 0 Å². The zero-order chi connectivity index (χ0) is 20.1. The van der Waals surface area contributed by atoms with Crippen LogP contribution in [0, 0.1) is 0 Å². The third-order valence-electron chi connectivity index (χ3n) is 4.12. The number of thioether (sulfide) groups is 1.